The average molecular weight is 284 g/mol. The molecule has 2 heterocycles. The SMILES string of the molecule is CO[C@H](CO)[C@@H](O)[C@@H](O)n1ccc2c(=O)[nH]c(N)nc21. The number of aliphatic hydroxyl groups is 3. The Morgan fingerprint density at radius 1 is 1.55 bits per heavy atom. The van der Waals surface area contributed by atoms with Crippen molar-refractivity contribution in [1.82, 2.24) is 14.5 Å². The smallest absolute Gasteiger partial charge is 0.261 e. The molecule has 6 N–H and O–H groups in total. The Morgan fingerprint density at radius 2 is 2.25 bits per heavy atom. The molecule has 0 radical (unpaired) electrons. The number of aromatic amines is 1. The lowest BCUT2D eigenvalue weighted by Crippen LogP contribution is -2.38. The number of fused-ring (bicyclic) bond motifs is 1. The van der Waals surface area contributed by atoms with Gasteiger partial charge in [0, 0.05) is 13.3 Å². The molecule has 0 saturated heterocycles. The fourth-order valence-corrected chi connectivity index (χ4v) is 1.95. The molecule has 0 spiro atoms. The summed E-state index contributed by atoms with van der Waals surface area (Å²) in [4.78, 5) is 17.9. The van der Waals surface area contributed by atoms with Crippen molar-refractivity contribution in [2.75, 3.05) is 19.5 Å². The van der Waals surface area contributed by atoms with Crippen LogP contribution >= 0.6 is 0 Å². The number of nitrogens with zero attached hydrogens (tertiary/aromatic N) is 2. The maximum atomic E-state index is 11.7. The van der Waals surface area contributed by atoms with Crippen molar-refractivity contribution >= 4 is 17.0 Å². The van der Waals surface area contributed by atoms with Crippen LogP contribution in [0.4, 0.5) is 5.95 Å². The van der Waals surface area contributed by atoms with Crippen LogP contribution in [0.3, 0.4) is 0 Å². The molecule has 2 rings (SSSR count). The minimum absolute atomic E-state index is 0.102. The van der Waals surface area contributed by atoms with E-state index >= 15 is 0 Å². The maximum absolute atomic E-state index is 11.7. The molecule has 0 amide bonds. The number of aliphatic hydroxyl groups excluding tert-OH is 3. The highest BCUT2D eigenvalue weighted by atomic mass is 16.5. The number of H-pyrrole nitrogens is 1. The zero-order chi connectivity index (χ0) is 14.9. The third kappa shape index (κ3) is 2.39. The predicted molar refractivity (Wildman–Crippen MR) is 69.9 cm³/mol. The van der Waals surface area contributed by atoms with Gasteiger partial charge in [-0.1, -0.05) is 0 Å². The van der Waals surface area contributed by atoms with Gasteiger partial charge < -0.3 is 30.4 Å². The van der Waals surface area contributed by atoms with E-state index in [0.29, 0.717) is 0 Å². The van der Waals surface area contributed by atoms with E-state index in [1.54, 1.807) is 0 Å². The minimum Gasteiger partial charge on any atom is -0.394 e. The lowest BCUT2D eigenvalue weighted by molar-refractivity contribution is -0.115. The van der Waals surface area contributed by atoms with Gasteiger partial charge in [0.25, 0.3) is 5.56 Å². The number of aromatic nitrogens is 3. The van der Waals surface area contributed by atoms with Crippen molar-refractivity contribution < 1.29 is 20.1 Å². The van der Waals surface area contributed by atoms with Gasteiger partial charge in [-0.2, -0.15) is 4.98 Å². The van der Waals surface area contributed by atoms with Gasteiger partial charge in [-0.05, 0) is 6.07 Å². The van der Waals surface area contributed by atoms with Crippen LogP contribution in [0.5, 0.6) is 0 Å². The number of hydrogen-bond acceptors (Lipinski definition) is 7. The molecule has 0 aliphatic carbocycles. The highest BCUT2D eigenvalue weighted by Crippen LogP contribution is 2.19. The molecular formula is C11H16N4O5. The first-order valence-electron chi connectivity index (χ1n) is 5.85. The van der Waals surface area contributed by atoms with Gasteiger partial charge in [-0.15, -0.1) is 0 Å². The quantitative estimate of drug-likeness (QED) is 0.433. The molecule has 0 aliphatic rings. The Kier molecular flexibility index (Phi) is 4.04. The molecule has 0 unspecified atom stereocenters. The Hall–Kier alpha value is -1.94. The average Bonchev–Trinajstić information content (AvgIpc) is 2.83. The molecule has 0 saturated carbocycles. The van der Waals surface area contributed by atoms with Crippen molar-refractivity contribution in [3.8, 4) is 0 Å². The summed E-state index contributed by atoms with van der Waals surface area (Å²) in [5.41, 5.74) is 5.14. The van der Waals surface area contributed by atoms with Crippen LogP contribution in [0.15, 0.2) is 17.1 Å². The Bertz CT molecular complexity index is 648. The summed E-state index contributed by atoms with van der Waals surface area (Å²) in [5, 5.41) is 29.3. The van der Waals surface area contributed by atoms with E-state index in [2.05, 4.69) is 9.97 Å². The maximum Gasteiger partial charge on any atom is 0.261 e. The van der Waals surface area contributed by atoms with E-state index in [9.17, 15) is 15.0 Å². The summed E-state index contributed by atoms with van der Waals surface area (Å²) >= 11 is 0. The second-order valence-corrected chi connectivity index (χ2v) is 4.27. The molecule has 2 aromatic heterocycles. The Morgan fingerprint density at radius 3 is 2.85 bits per heavy atom. The third-order valence-electron chi connectivity index (χ3n) is 3.05. The molecule has 0 aromatic carbocycles. The van der Waals surface area contributed by atoms with Gasteiger partial charge in [0.2, 0.25) is 5.95 Å². The first-order valence-corrected chi connectivity index (χ1v) is 5.85. The van der Waals surface area contributed by atoms with E-state index < -0.39 is 30.6 Å². The van der Waals surface area contributed by atoms with Gasteiger partial charge in [0.05, 0.1) is 12.0 Å². The third-order valence-corrected chi connectivity index (χ3v) is 3.05. The van der Waals surface area contributed by atoms with Crippen LogP contribution in [0.2, 0.25) is 0 Å². The van der Waals surface area contributed by atoms with Gasteiger partial charge in [0.15, 0.2) is 11.9 Å². The predicted octanol–water partition coefficient (Wildman–Crippen LogP) is -1.83. The lowest BCUT2D eigenvalue weighted by Gasteiger charge is -2.25. The van der Waals surface area contributed by atoms with Crippen LogP contribution in [0.1, 0.15) is 6.23 Å². The molecular weight excluding hydrogens is 268 g/mol. The lowest BCUT2D eigenvalue weighted by atomic mass is 10.2. The fraction of sp³-hybridized carbons (Fsp3) is 0.455. The van der Waals surface area contributed by atoms with E-state index in [4.69, 9.17) is 15.6 Å². The first kappa shape index (κ1) is 14.5. The van der Waals surface area contributed by atoms with E-state index in [1.165, 1.54) is 23.9 Å². The Labute approximate surface area is 113 Å². The summed E-state index contributed by atoms with van der Waals surface area (Å²) in [6, 6.07) is 1.44. The van der Waals surface area contributed by atoms with Crippen LogP contribution < -0.4 is 11.3 Å². The van der Waals surface area contributed by atoms with E-state index in [1.807, 2.05) is 0 Å². The number of methoxy groups -OCH3 is 1. The van der Waals surface area contributed by atoms with Crippen LogP contribution in [0, 0.1) is 0 Å². The second-order valence-electron chi connectivity index (χ2n) is 4.27. The number of hydrogen-bond donors (Lipinski definition) is 5. The number of anilines is 1. The molecule has 9 nitrogen and oxygen atoms in total. The molecule has 2 aromatic rings. The van der Waals surface area contributed by atoms with Gasteiger partial charge in [-0.3, -0.25) is 9.78 Å². The number of ether oxygens (including phenoxy) is 1. The van der Waals surface area contributed by atoms with Crippen molar-refractivity contribution in [2.24, 2.45) is 0 Å². The monoisotopic (exact) mass is 284 g/mol. The number of rotatable bonds is 5. The van der Waals surface area contributed by atoms with Gasteiger partial charge in [-0.25, -0.2) is 0 Å². The first-order chi connectivity index (χ1) is 9.49. The van der Waals surface area contributed by atoms with Crippen molar-refractivity contribution in [2.45, 2.75) is 18.4 Å². The number of nitrogens with two attached hydrogens (primary N) is 1. The fourth-order valence-electron chi connectivity index (χ4n) is 1.95. The van der Waals surface area contributed by atoms with Gasteiger partial charge >= 0.3 is 0 Å². The molecule has 0 bridgehead atoms. The molecule has 0 aliphatic heterocycles. The second kappa shape index (κ2) is 5.59. The highest BCUT2D eigenvalue weighted by molar-refractivity contribution is 5.76. The van der Waals surface area contributed by atoms with E-state index in [-0.39, 0.29) is 17.0 Å². The van der Waals surface area contributed by atoms with Gasteiger partial charge in [0.1, 0.15) is 12.2 Å². The summed E-state index contributed by atoms with van der Waals surface area (Å²) in [6.45, 7) is -0.468. The molecule has 20 heavy (non-hydrogen) atoms. The Balaban J connectivity index is 2.45. The summed E-state index contributed by atoms with van der Waals surface area (Å²) in [7, 11) is 1.30. The van der Waals surface area contributed by atoms with E-state index in [0.717, 1.165) is 0 Å². The minimum atomic E-state index is -1.45. The normalized spacial score (nSPS) is 16.2. The summed E-state index contributed by atoms with van der Waals surface area (Å²) < 4.78 is 6.04. The zero-order valence-corrected chi connectivity index (χ0v) is 10.7. The summed E-state index contributed by atoms with van der Waals surface area (Å²) in [5.74, 6) is -0.102. The standard InChI is InChI=1S/C11H16N4O5/c1-20-6(4-16)7(17)10(19)15-3-2-5-8(15)13-11(12)14-9(5)18/h2-3,6-7,10,16-17,19H,4H2,1H3,(H3,12,13,14,18)/t6-,7-,10-/m1/s1. The van der Waals surface area contributed by atoms with Crippen molar-refractivity contribution in [1.29, 1.82) is 0 Å². The summed E-state index contributed by atoms with van der Waals surface area (Å²) in [6.07, 6.45) is -2.42. The zero-order valence-electron chi connectivity index (χ0n) is 10.7. The van der Waals surface area contributed by atoms with Crippen LogP contribution in [-0.4, -0.2) is 55.8 Å². The number of nitrogen functional groups attached to an aromatic ring is 1. The van der Waals surface area contributed by atoms with Crippen LogP contribution in [-0.2, 0) is 4.74 Å². The highest BCUT2D eigenvalue weighted by Gasteiger charge is 2.28. The van der Waals surface area contributed by atoms with Crippen LogP contribution in [0.25, 0.3) is 11.0 Å². The molecule has 110 valence electrons. The molecule has 9 heteroatoms. The molecule has 3 atom stereocenters. The molecule has 0 fully saturated rings. The number of nitrogens with one attached hydrogen (secondary N) is 1. The largest absolute Gasteiger partial charge is 0.394 e. The van der Waals surface area contributed by atoms with Crippen molar-refractivity contribution in [3.63, 3.8) is 0 Å². The van der Waals surface area contributed by atoms with Crippen molar-refractivity contribution in [3.05, 3.63) is 22.6 Å². The topological polar surface area (TPSA) is 147 Å².